The molecule has 9 heteroatoms. The standard InChI is InChI=1S/C18H22ClN3O3S2/c1-21(27(24,25)18-10-9-16(19)26-18)13-17(23)20-14-7-3-4-8-15(14)22-11-5-2-6-12-22/h3-4,7-10H,2,5-6,11-13H2,1H3,(H,20,23). The molecule has 2 aromatic rings. The summed E-state index contributed by atoms with van der Waals surface area (Å²) >= 11 is 6.80. The number of hydrogen-bond acceptors (Lipinski definition) is 5. The average molecular weight is 428 g/mol. The fourth-order valence-electron chi connectivity index (χ4n) is 3.06. The van der Waals surface area contributed by atoms with Gasteiger partial charge in [0, 0.05) is 20.1 Å². The van der Waals surface area contributed by atoms with Crippen LogP contribution in [0, 0.1) is 0 Å². The highest BCUT2D eigenvalue weighted by Crippen LogP contribution is 2.29. The number of sulfonamides is 1. The van der Waals surface area contributed by atoms with E-state index in [0.29, 0.717) is 10.0 Å². The quantitative estimate of drug-likeness (QED) is 0.763. The predicted molar refractivity (Wildman–Crippen MR) is 110 cm³/mol. The Hall–Kier alpha value is -1.61. The summed E-state index contributed by atoms with van der Waals surface area (Å²) in [7, 11) is -2.35. The molecule has 1 aliphatic heterocycles. The third-order valence-electron chi connectivity index (χ3n) is 4.45. The lowest BCUT2D eigenvalue weighted by Gasteiger charge is -2.30. The van der Waals surface area contributed by atoms with E-state index in [1.165, 1.54) is 25.6 Å². The van der Waals surface area contributed by atoms with Gasteiger partial charge in [-0.3, -0.25) is 4.79 Å². The third-order valence-corrected chi connectivity index (χ3v) is 7.96. The molecule has 6 nitrogen and oxygen atoms in total. The maximum absolute atomic E-state index is 12.5. The topological polar surface area (TPSA) is 69.7 Å². The molecule has 0 radical (unpaired) electrons. The molecule has 1 aromatic carbocycles. The number of para-hydroxylation sites is 2. The van der Waals surface area contributed by atoms with Gasteiger partial charge in [0.05, 0.1) is 22.3 Å². The van der Waals surface area contributed by atoms with E-state index in [0.717, 1.165) is 47.3 Å². The molecular weight excluding hydrogens is 406 g/mol. The van der Waals surface area contributed by atoms with E-state index in [4.69, 9.17) is 11.6 Å². The van der Waals surface area contributed by atoms with Gasteiger partial charge in [-0.25, -0.2) is 8.42 Å². The molecule has 0 bridgehead atoms. The molecule has 0 atom stereocenters. The van der Waals surface area contributed by atoms with Crippen LogP contribution < -0.4 is 10.2 Å². The van der Waals surface area contributed by atoms with Crippen LogP contribution in [0.4, 0.5) is 11.4 Å². The van der Waals surface area contributed by atoms with Crippen molar-refractivity contribution >= 4 is 50.2 Å². The number of hydrogen-bond donors (Lipinski definition) is 1. The summed E-state index contributed by atoms with van der Waals surface area (Å²) in [6, 6.07) is 10.6. The number of likely N-dealkylation sites (N-methyl/N-ethyl adjacent to an activating group) is 1. The summed E-state index contributed by atoms with van der Waals surface area (Å²) in [4.78, 5) is 14.7. The van der Waals surface area contributed by atoms with Gasteiger partial charge in [-0.2, -0.15) is 4.31 Å². The molecule has 1 saturated heterocycles. The second-order valence-corrected chi connectivity index (χ2v) is 10.4. The second-order valence-electron chi connectivity index (χ2n) is 6.43. The number of carbonyl (C=O) groups excluding carboxylic acids is 1. The minimum absolute atomic E-state index is 0.122. The Morgan fingerprint density at radius 3 is 2.56 bits per heavy atom. The Morgan fingerprint density at radius 2 is 1.89 bits per heavy atom. The van der Waals surface area contributed by atoms with Crippen LogP contribution in [0.1, 0.15) is 19.3 Å². The minimum atomic E-state index is -3.74. The van der Waals surface area contributed by atoms with Crippen molar-refractivity contribution in [2.24, 2.45) is 0 Å². The van der Waals surface area contributed by atoms with Gasteiger partial charge < -0.3 is 10.2 Å². The number of anilines is 2. The molecule has 0 saturated carbocycles. The normalized spacial score (nSPS) is 15.1. The second kappa shape index (κ2) is 8.60. The predicted octanol–water partition coefficient (Wildman–Crippen LogP) is 3.65. The summed E-state index contributed by atoms with van der Waals surface area (Å²) in [5, 5.41) is 2.86. The first-order valence-electron chi connectivity index (χ1n) is 8.73. The Morgan fingerprint density at radius 1 is 1.19 bits per heavy atom. The smallest absolute Gasteiger partial charge is 0.252 e. The number of nitrogens with one attached hydrogen (secondary N) is 1. The number of rotatable bonds is 6. The van der Waals surface area contributed by atoms with Crippen molar-refractivity contribution in [3.8, 4) is 0 Å². The number of carbonyl (C=O) groups is 1. The van der Waals surface area contributed by atoms with Gasteiger partial charge in [0.15, 0.2) is 0 Å². The average Bonchev–Trinajstić information content (AvgIpc) is 3.10. The molecule has 1 amide bonds. The van der Waals surface area contributed by atoms with Crippen molar-refractivity contribution < 1.29 is 13.2 Å². The largest absolute Gasteiger partial charge is 0.370 e. The zero-order valence-electron chi connectivity index (χ0n) is 15.0. The van der Waals surface area contributed by atoms with Crippen LogP contribution in [-0.4, -0.2) is 45.3 Å². The zero-order valence-corrected chi connectivity index (χ0v) is 17.4. The van der Waals surface area contributed by atoms with Gasteiger partial charge in [-0.15, -0.1) is 11.3 Å². The van der Waals surface area contributed by atoms with Gasteiger partial charge in [0.1, 0.15) is 4.21 Å². The summed E-state index contributed by atoms with van der Waals surface area (Å²) in [6.45, 7) is 1.65. The van der Waals surface area contributed by atoms with Crippen molar-refractivity contribution in [2.75, 3.05) is 36.9 Å². The minimum Gasteiger partial charge on any atom is -0.370 e. The summed E-state index contributed by atoms with van der Waals surface area (Å²) in [5.41, 5.74) is 1.68. The van der Waals surface area contributed by atoms with Crippen LogP contribution >= 0.6 is 22.9 Å². The molecule has 0 spiro atoms. The molecule has 27 heavy (non-hydrogen) atoms. The van der Waals surface area contributed by atoms with E-state index < -0.39 is 10.0 Å². The maximum atomic E-state index is 12.5. The number of amides is 1. The summed E-state index contributed by atoms with van der Waals surface area (Å²) in [6.07, 6.45) is 3.49. The van der Waals surface area contributed by atoms with Crippen LogP contribution in [0.15, 0.2) is 40.6 Å². The molecule has 0 unspecified atom stereocenters. The summed E-state index contributed by atoms with van der Waals surface area (Å²) in [5.74, 6) is -0.381. The van der Waals surface area contributed by atoms with Crippen LogP contribution in [0.2, 0.25) is 4.34 Å². The lowest BCUT2D eigenvalue weighted by molar-refractivity contribution is -0.116. The molecule has 1 N–H and O–H groups in total. The highest BCUT2D eigenvalue weighted by Gasteiger charge is 2.25. The highest BCUT2D eigenvalue weighted by molar-refractivity contribution is 7.91. The van der Waals surface area contributed by atoms with Gasteiger partial charge in [0.2, 0.25) is 5.91 Å². The Bertz CT molecular complexity index is 908. The van der Waals surface area contributed by atoms with Gasteiger partial charge in [-0.1, -0.05) is 23.7 Å². The van der Waals surface area contributed by atoms with Crippen molar-refractivity contribution in [3.05, 3.63) is 40.7 Å². The molecule has 2 heterocycles. The van der Waals surface area contributed by atoms with Crippen LogP contribution in [0.25, 0.3) is 0 Å². The molecule has 1 fully saturated rings. The SMILES string of the molecule is CN(CC(=O)Nc1ccccc1N1CCCCC1)S(=O)(=O)c1ccc(Cl)s1. The van der Waals surface area contributed by atoms with Crippen molar-refractivity contribution in [1.82, 2.24) is 4.31 Å². The lowest BCUT2D eigenvalue weighted by Crippen LogP contribution is -2.35. The molecule has 3 rings (SSSR count). The maximum Gasteiger partial charge on any atom is 0.252 e. The number of benzene rings is 1. The van der Waals surface area contributed by atoms with E-state index in [2.05, 4.69) is 10.2 Å². The monoisotopic (exact) mass is 427 g/mol. The summed E-state index contributed by atoms with van der Waals surface area (Å²) < 4.78 is 26.6. The fraction of sp³-hybridized carbons (Fsp3) is 0.389. The van der Waals surface area contributed by atoms with E-state index in [1.807, 2.05) is 24.3 Å². The van der Waals surface area contributed by atoms with Gasteiger partial charge in [0.25, 0.3) is 10.0 Å². The van der Waals surface area contributed by atoms with Crippen LogP contribution in [0.5, 0.6) is 0 Å². The number of piperidine rings is 1. The lowest BCUT2D eigenvalue weighted by atomic mass is 10.1. The van der Waals surface area contributed by atoms with Crippen molar-refractivity contribution in [3.63, 3.8) is 0 Å². The molecule has 0 aliphatic carbocycles. The number of nitrogens with zero attached hydrogens (tertiary/aromatic N) is 2. The molecule has 1 aromatic heterocycles. The first kappa shape index (κ1) is 20.1. The zero-order chi connectivity index (χ0) is 19.4. The molecule has 1 aliphatic rings. The number of halogens is 1. The van der Waals surface area contributed by atoms with Crippen molar-refractivity contribution in [1.29, 1.82) is 0 Å². The Labute approximate surface area is 168 Å². The van der Waals surface area contributed by atoms with E-state index >= 15 is 0 Å². The number of thiophene rings is 1. The molecule has 146 valence electrons. The van der Waals surface area contributed by atoms with E-state index in [9.17, 15) is 13.2 Å². The fourth-order valence-corrected chi connectivity index (χ4v) is 5.88. The van der Waals surface area contributed by atoms with Crippen molar-refractivity contribution in [2.45, 2.75) is 23.5 Å². The van der Waals surface area contributed by atoms with Crippen LogP contribution in [0.3, 0.4) is 0 Å². The van der Waals surface area contributed by atoms with Gasteiger partial charge >= 0.3 is 0 Å². The van der Waals surface area contributed by atoms with Gasteiger partial charge in [-0.05, 0) is 43.5 Å². The Balaban J connectivity index is 1.69. The van der Waals surface area contributed by atoms with Crippen LogP contribution in [-0.2, 0) is 14.8 Å². The third kappa shape index (κ3) is 4.82. The Kier molecular flexibility index (Phi) is 6.41. The first-order valence-corrected chi connectivity index (χ1v) is 11.4. The molecular formula is C18H22ClN3O3S2. The van der Waals surface area contributed by atoms with E-state index in [-0.39, 0.29) is 16.7 Å². The van der Waals surface area contributed by atoms with E-state index in [1.54, 1.807) is 0 Å². The highest BCUT2D eigenvalue weighted by atomic mass is 35.5. The first-order chi connectivity index (χ1) is 12.9.